The second-order valence-corrected chi connectivity index (χ2v) is 5.06. The van der Waals surface area contributed by atoms with Crippen molar-refractivity contribution in [3.8, 4) is 0 Å². The lowest BCUT2D eigenvalue weighted by Gasteiger charge is -2.08. The molecule has 2 N–H and O–H groups in total. The van der Waals surface area contributed by atoms with Gasteiger partial charge in [-0.3, -0.25) is 14.9 Å². The van der Waals surface area contributed by atoms with Crippen molar-refractivity contribution in [3.05, 3.63) is 63.4 Å². The van der Waals surface area contributed by atoms with Gasteiger partial charge in [0.1, 0.15) is 11.5 Å². The molecule has 6 nitrogen and oxygen atoms in total. The van der Waals surface area contributed by atoms with Gasteiger partial charge in [0.2, 0.25) is 5.91 Å². The quantitative estimate of drug-likeness (QED) is 0.619. The molecule has 2 rings (SSSR count). The number of anilines is 2. The van der Waals surface area contributed by atoms with Crippen LogP contribution in [0.2, 0.25) is 5.02 Å². The lowest BCUT2D eigenvalue weighted by atomic mass is 10.2. The standard InChI is InChI=1S/C15H13ClFN3O3/c16-10-5-6-11(17)13(9-10)19-15(21)7-8-18-12-3-1-2-4-14(12)20(22)23/h1-6,9,18H,7-8H2,(H,19,21). The van der Waals surface area contributed by atoms with Gasteiger partial charge >= 0.3 is 0 Å². The number of nitro benzene ring substituents is 1. The lowest BCUT2D eigenvalue weighted by molar-refractivity contribution is -0.384. The summed E-state index contributed by atoms with van der Waals surface area (Å²) < 4.78 is 13.5. The van der Waals surface area contributed by atoms with Crippen LogP contribution in [-0.4, -0.2) is 17.4 Å². The van der Waals surface area contributed by atoms with Crippen molar-refractivity contribution in [2.24, 2.45) is 0 Å². The van der Waals surface area contributed by atoms with E-state index in [0.29, 0.717) is 10.7 Å². The summed E-state index contributed by atoms with van der Waals surface area (Å²) in [6, 6.07) is 9.96. The van der Waals surface area contributed by atoms with Gasteiger partial charge < -0.3 is 10.6 Å². The Bertz CT molecular complexity index is 740. The Morgan fingerprint density at radius 2 is 1.96 bits per heavy atom. The van der Waals surface area contributed by atoms with Crippen molar-refractivity contribution < 1.29 is 14.1 Å². The van der Waals surface area contributed by atoms with Gasteiger partial charge in [-0.05, 0) is 24.3 Å². The Kier molecular flexibility index (Phi) is 5.48. The maximum absolute atomic E-state index is 13.5. The minimum absolute atomic E-state index is 0.00630. The first kappa shape index (κ1) is 16.7. The van der Waals surface area contributed by atoms with E-state index in [1.165, 1.54) is 18.2 Å². The first-order valence-electron chi connectivity index (χ1n) is 6.69. The van der Waals surface area contributed by atoms with Crippen molar-refractivity contribution in [1.29, 1.82) is 0 Å². The zero-order valence-corrected chi connectivity index (χ0v) is 12.6. The van der Waals surface area contributed by atoms with E-state index in [1.54, 1.807) is 18.2 Å². The number of amides is 1. The summed E-state index contributed by atoms with van der Waals surface area (Å²) in [6.07, 6.45) is 0.0119. The monoisotopic (exact) mass is 337 g/mol. The van der Waals surface area contributed by atoms with E-state index < -0.39 is 16.6 Å². The summed E-state index contributed by atoms with van der Waals surface area (Å²) in [6.45, 7) is 0.166. The summed E-state index contributed by atoms with van der Waals surface area (Å²) in [5, 5.41) is 16.4. The molecule has 0 unspecified atom stereocenters. The minimum Gasteiger partial charge on any atom is -0.379 e. The highest BCUT2D eigenvalue weighted by atomic mass is 35.5. The number of benzene rings is 2. The second-order valence-electron chi connectivity index (χ2n) is 4.62. The van der Waals surface area contributed by atoms with Crippen molar-refractivity contribution in [1.82, 2.24) is 0 Å². The van der Waals surface area contributed by atoms with Gasteiger partial charge in [-0.2, -0.15) is 0 Å². The third kappa shape index (κ3) is 4.65. The SMILES string of the molecule is O=C(CCNc1ccccc1[N+](=O)[O-])Nc1cc(Cl)ccc1F. The first-order chi connectivity index (χ1) is 11.0. The number of nitrogens with zero attached hydrogens (tertiary/aromatic N) is 1. The fourth-order valence-corrected chi connectivity index (χ4v) is 2.07. The van der Waals surface area contributed by atoms with Gasteiger partial charge in [-0.25, -0.2) is 4.39 Å². The van der Waals surface area contributed by atoms with Crippen LogP contribution in [0.5, 0.6) is 0 Å². The predicted molar refractivity (Wildman–Crippen MR) is 86.2 cm³/mol. The van der Waals surface area contributed by atoms with Gasteiger partial charge in [0.05, 0.1) is 10.6 Å². The minimum atomic E-state index is -0.589. The predicted octanol–water partition coefficient (Wildman–Crippen LogP) is 3.83. The van der Waals surface area contributed by atoms with Gasteiger partial charge in [0.15, 0.2) is 0 Å². The highest BCUT2D eigenvalue weighted by molar-refractivity contribution is 6.30. The summed E-state index contributed by atoms with van der Waals surface area (Å²) >= 11 is 5.74. The van der Waals surface area contributed by atoms with Gasteiger partial charge in [-0.1, -0.05) is 23.7 Å². The molecule has 0 saturated carbocycles. The molecular weight excluding hydrogens is 325 g/mol. The maximum Gasteiger partial charge on any atom is 0.292 e. The van der Waals surface area contributed by atoms with Crippen LogP contribution < -0.4 is 10.6 Å². The van der Waals surface area contributed by atoms with Gasteiger partial charge in [0, 0.05) is 24.1 Å². The number of carbonyl (C=O) groups excluding carboxylic acids is 1. The Morgan fingerprint density at radius 1 is 1.22 bits per heavy atom. The number of carbonyl (C=O) groups is 1. The normalized spacial score (nSPS) is 10.2. The van der Waals surface area contributed by atoms with Crippen molar-refractivity contribution in [3.63, 3.8) is 0 Å². The highest BCUT2D eigenvalue weighted by Crippen LogP contribution is 2.23. The molecule has 0 aliphatic heterocycles. The number of halogens is 2. The van der Waals surface area contributed by atoms with E-state index in [1.807, 2.05) is 0 Å². The van der Waals surface area contributed by atoms with E-state index in [9.17, 15) is 19.3 Å². The number of hydrogen-bond donors (Lipinski definition) is 2. The molecule has 120 valence electrons. The van der Waals surface area contributed by atoms with Gasteiger partial charge in [0.25, 0.3) is 5.69 Å². The average molecular weight is 338 g/mol. The molecule has 0 saturated heterocycles. The van der Waals surface area contributed by atoms with Crippen LogP contribution in [0.15, 0.2) is 42.5 Å². The largest absolute Gasteiger partial charge is 0.379 e. The zero-order valence-electron chi connectivity index (χ0n) is 11.9. The average Bonchev–Trinajstić information content (AvgIpc) is 2.51. The summed E-state index contributed by atoms with van der Waals surface area (Å²) in [4.78, 5) is 22.1. The molecule has 0 aliphatic rings. The molecule has 0 bridgehead atoms. The Balaban J connectivity index is 1.90. The number of rotatable bonds is 6. The van der Waals surface area contributed by atoms with Crippen molar-refractivity contribution >= 4 is 34.6 Å². The molecule has 2 aromatic carbocycles. The molecule has 0 fully saturated rings. The van der Waals surface area contributed by atoms with E-state index in [0.717, 1.165) is 6.07 Å². The molecule has 0 atom stereocenters. The molecule has 0 spiro atoms. The summed E-state index contributed by atoms with van der Waals surface area (Å²) in [7, 11) is 0. The maximum atomic E-state index is 13.5. The van der Waals surface area contributed by atoms with Crippen LogP contribution in [0.25, 0.3) is 0 Å². The lowest BCUT2D eigenvalue weighted by Crippen LogP contribution is -2.17. The third-order valence-corrected chi connectivity index (χ3v) is 3.21. The molecule has 1 amide bonds. The van der Waals surface area contributed by atoms with E-state index in [4.69, 9.17) is 11.6 Å². The van der Waals surface area contributed by atoms with Crippen LogP contribution in [0, 0.1) is 15.9 Å². The van der Waals surface area contributed by atoms with Crippen LogP contribution in [0.3, 0.4) is 0 Å². The Hall–Kier alpha value is -2.67. The second kappa shape index (κ2) is 7.55. The Labute approximate surface area is 136 Å². The summed E-state index contributed by atoms with van der Waals surface area (Å²) in [5.74, 6) is -1.02. The van der Waals surface area contributed by atoms with Crippen LogP contribution >= 0.6 is 11.6 Å². The summed E-state index contributed by atoms with van der Waals surface area (Å²) in [5.41, 5.74) is 0.237. The number of para-hydroxylation sites is 2. The molecule has 0 aliphatic carbocycles. The molecule has 0 heterocycles. The molecule has 2 aromatic rings. The first-order valence-corrected chi connectivity index (χ1v) is 7.07. The molecule has 0 aromatic heterocycles. The van der Waals surface area contributed by atoms with E-state index in [-0.39, 0.29) is 24.3 Å². The molecule has 8 heteroatoms. The van der Waals surface area contributed by atoms with Gasteiger partial charge in [-0.15, -0.1) is 0 Å². The van der Waals surface area contributed by atoms with Crippen molar-refractivity contribution in [2.45, 2.75) is 6.42 Å². The van der Waals surface area contributed by atoms with Crippen LogP contribution in [-0.2, 0) is 4.79 Å². The topological polar surface area (TPSA) is 84.3 Å². The van der Waals surface area contributed by atoms with Crippen molar-refractivity contribution in [2.75, 3.05) is 17.2 Å². The number of hydrogen-bond acceptors (Lipinski definition) is 4. The molecule has 23 heavy (non-hydrogen) atoms. The van der Waals surface area contributed by atoms with Crippen LogP contribution in [0.4, 0.5) is 21.5 Å². The van der Waals surface area contributed by atoms with Crippen LogP contribution in [0.1, 0.15) is 6.42 Å². The number of nitrogens with one attached hydrogen (secondary N) is 2. The highest BCUT2D eigenvalue weighted by Gasteiger charge is 2.12. The van der Waals surface area contributed by atoms with E-state index >= 15 is 0 Å². The fourth-order valence-electron chi connectivity index (χ4n) is 1.90. The third-order valence-electron chi connectivity index (χ3n) is 2.97. The number of nitro groups is 1. The zero-order chi connectivity index (χ0) is 16.8. The molecular formula is C15H13ClFN3O3. The smallest absolute Gasteiger partial charge is 0.292 e. The fraction of sp³-hybridized carbons (Fsp3) is 0.133. The van der Waals surface area contributed by atoms with E-state index in [2.05, 4.69) is 10.6 Å². The Morgan fingerprint density at radius 3 is 2.70 bits per heavy atom. The molecule has 0 radical (unpaired) electrons.